The van der Waals surface area contributed by atoms with Crippen molar-refractivity contribution in [3.8, 4) is 11.4 Å². The summed E-state index contributed by atoms with van der Waals surface area (Å²) >= 11 is 0. The van der Waals surface area contributed by atoms with Crippen molar-refractivity contribution in [3.05, 3.63) is 35.4 Å². The number of hydrogen-bond donors (Lipinski definition) is 0. The molecule has 9 heteroatoms. The summed E-state index contributed by atoms with van der Waals surface area (Å²) in [5.74, 6) is 0.634. The molecule has 0 radical (unpaired) electrons. The molecule has 0 aromatic carbocycles. The number of ether oxygens (including phenoxy) is 1. The molecule has 3 heterocycles. The van der Waals surface area contributed by atoms with Gasteiger partial charge in [0.2, 0.25) is 0 Å². The molecule has 0 N–H and O–H groups in total. The van der Waals surface area contributed by atoms with Crippen molar-refractivity contribution in [2.75, 3.05) is 37.2 Å². The number of aromatic nitrogens is 3. The van der Waals surface area contributed by atoms with Crippen LogP contribution in [0.3, 0.4) is 0 Å². The topological polar surface area (TPSA) is 80.6 Å². The minimum atomic E-state index is -2.44. The largest absolute Gasteiger partial charge is 0.377 e. The first-order valence-corrected chi connectivity index (χ1v) is 11.4. The predicted octanol–water partition coefficient (Wildman–Crippen LogP) is 2.83. The number of pyridine rings is 1. The third-order valence-electron chi connectivity index (χ3n) is 4.65. The van der Waals surface area contributed by atoms with E-state index in [0.29, 0.717) is 43.1 Å². The summed E-state index contributed by atoms with van der Waals surface area (Å²) in [7, 11) is -2.44. The van der Waals surface area contributed by atoms with E-state index in [4.69, 9.17) is 4.74 Å². The number of fused-ring (bicyclic) bond motifs is 1. The van der Waals surface area contributed by atoms with Gasteiger partial charge in [0.25, 0.3) is 0 Å². The zero-order valence-corrected chi connectivity index (χ0v) is 16.9. The zero-order valence-electron chi connectivity index (χ0n) is 16.1. The van der Waals surface area contributed by atoms with Crippen LogP contribution in [0.5, 0.6) is 0 Å². The average Bonchev–Trinajstić information content (AvgIpc) is 3.08. The molecule has 0 spiro atoms. The van der Waals surface area contributed by atoms with E-state index < -0.39 is 15.5 Å². The number of morpholine rings is 1. The van der Waals surface area contributed by atoms with Crippen LogP contribution >= 0.6 is 0 Å². The fourth-order valence-electron chi connectivity index (χ4n) is 3.42. The second-order valence-electron chi connectivity index (χ2n) is 7.25. The summed E-state index contributed by atoms with van der Waals surface area (Å²) in [5.41, 5.74) is 1.78. The Bertz CT molecular complexity index is 1070. The molecular weight excluding hydrogens is 381 g/mol. The molecule has 2 aromatic rings. The number of hydrogen-bond acceptors (Lipinski definition) is 7. The number of anilines is 1. The summed E-state index contributed by atoms with van der Waals surface area (Å²) in [6, 6.07) is 1.80. The van der Waals surface area contributed by atoms with Crippen molar-refractivity contribution in [1.29, 1.82) is 0 Å². The fraction of sp³-hybridized carbons (Fsp3) is 0.421. The maximum Gasteiger partial charge on any atom is 0.167 e. The molecule has 7 nitrogen and oxygen atoms in total. The van der Waals surface area contributed by atoms with Crippen LogP contribution in [-0.4, -0.2) is 57.5 Å². The first kappa shape index (κ1) is 18.9. The Balaban J connectivity index is 1.92. The van der Waals surface area contributed by atoms with Gasteiger partial charge in [0, 0.05) is 46.8 Å². The van der Waals surface area contributed by atoms with Gasteiger partial charge in [0.15, 0.2) is 17.5 Å². The van der Waals surface area contributed by atoms with Crippen LogP contribution in [-0.2, 0) is 20.9 Å². The predicted molar refractivity (Wildman–Crippen MR) is 108 cm³/mol. The molecule has 2 aliphatic rings. The van der Waals surface area contributed by atoms with Gasteiger partial charge in [-0.25, -0.2) is 18.6 Å². The van der Waals surface area contributed by atoms with E-state index in [9.17, 15) is 8.60 Å². The Hall–Kier alpha value is -2.39. The minimum Gasteiger partial charge on any atom is -0.377 e. The molecule has 1 aliphatic carbocycles. The molecule has 1 aliphatic heterocycles. The Morgan fingerprint density at radius 1 is 1.36 bits per heavy atom. The molecule has 148 valence electrons. The van der Waals surface area contributed by atoms with Crippen LogP contribution in [0.2, 0.25) is 0 Å². The Kier molecular flexibility index (Phi) is 4.88. The van der Waals surface area contributed by atoms with Crippen molar-refractivity contribution in [2.24, 2.45) is 4.36 Å². The summed E-state index contributed by atoms with van der Waals surface area (Å²) in [6.45, 7) is 3.84. The average molecular weight is 403 g/mol. The van der Waals surface area contributed by atoms with Gasteiger partial charge in [0.05, 0.1) is 36.7 Å². The van der Waals surface area contributed by atoms with Crippen LogP contribution in [0.1, 0.15) is 18.2 Å². The lowest BCUT2D eigenvalue weighted by Gasteiger charge is -2.34. The van der Waals surface area contributed by atoms with Crippen LogP contribution < -0.4 is 4.90 Å². The molecule has 2 aromatic heterocycles. The summed E-state index contributed by atoms with van der Waals surface area (Å²) in [6.07, 6.45) is 8.71. The molecular formula is C19H22FN5O2S. The van der Waals surface area contributed by atoms with E-state index in [0.717, 1.165) is 5.69 Å². The quantitative estimate of drug-likeness (QED) is 0.784. The van der Waals surface area contributed by atoms with Crippen LogP contribution in [0.4, 0.5) is 16.0 Å². The summed E-state index contributed by atoms with van der Waals surface area (Å²) in [4.78, 5) is 15.3. The highest BCUT2D eigenvalue weighted by atomic mass is 32.2. The second-order valence-corrected chi connectivity index (χ2v) is 9.79. The van der Waals surface area contributed by atoms with Gasteiger partial charge in [-0.1, -0.05) is 12.2 Å². The van der Waals surface area contributed by atoms with Gasteiger partial charge < -0.3 is 9.64 Å². The molecule has 4 rings (SSSR count). The highest BCUT2D eigenvalue weighted by Crippen LogP contribution is 2.33. The SMILES string of the molecule is C[C@@H]1COCCN1c1cc(N=S(C)(C)=O)nc(-c2c(F)cnc3c2C=CC3)n1. The fourth-order valence-corrected chi connectivity index (χ4v) is 3.96. The lowest BCUT2D eigenvalue weighted by Crippen LogP contribution is -2.44. The van der Waals surface area contributed by atoms with Gasteiger partial charge in [0.1, 0.15) is 5.82 Å². The van der Waals surface area contributed by atoms with Crippen molar-refractivity contribution >= 4 is 27.4 Å². The van der Waals surface area contributed by atoms with Gasteiger partial charge in [-0.3, -0.25) is 4.98 Å². The van der Waals surface area contributed by atoms with Crippen LogP contribution in [0.25, 0.3) is 17.5 Å². The Morgan fingerprint density at radius 3 is 2.93 bits per heavy atom. The molecule has 0 bridgehead atoms. The van der Waals surface area contributed by atoms with Crippen molar-refractivity contribution in [2.45, 2.75) is 19.4 Å². The van der Waals surface area contributed by atoms with Crippen molar-refractivity contribution in [1.82, 2.24) is 15.0 Å². The number of rotatable bonds is 3. The smallest absolute Gasteiger partial charge is 0.167 e. The molecule has 0 unspecified atom stereocenters. The molecule has 0 saturated carbocycles. The molecule has 1 atom stereocenters. The Labute approximate surface area is 163 Å². The maximum absolute atomic E-state index is 14.8. The van der Waals surface area contributed by atoms with Crippen molar-refractivity contribution in [3.63, 3.8) is 0 Å². The first-order valence-electron chi connectivity index (χ1n) is 9.07. The van der Waals surface area contributed by atoms with E-state index in [1.165, 1.54) is 6.20 Å². The van der Waals surface area contributed by atoms with Crippen LogP contribution in [0.15, 0.2) is 22.7 Å². The zero-order chi connectivity index (χ0) is 19.9. The molecule has 1 saturated heterocycles. The third-order valence-corrected chi connectivity index (χ3v) is 5.27. The first-order chi connectivity index (χ1) is 13.3. The van der Waals surface area contributed by atoms with E-state index >= 15 is 0 Å². The van der Waals surface area contributed by atoms with Gasteiger partial charge in [-0.05, 0) is 6.92 Å². The lowest BCUT2D eigenvalue weighted by atomic mass is 10.1. The molecule has 28 heavy (non-hydrogen) atoms. The number of halogens is 1. The van der Waals surface area contributed by atoms with E-state index in [-0.39, 0.29) is 17.7 Å². The molecule has 0 amide bonds. The lowest BCUT2D eigenvalue weighted by molar-refractivity contribution is 0.0985. The van der Waals surface area contributed by atoms with Gasteiger partial charge in [-0.15, -0.1) is 0 Å². The van der Waals surface area contributed by atoms with Crippen molar-refractivity contribution < 1.29 is 13.3 Å². The monoisotopic (exact) mass is 403 g/mol. The summed E-state index contributed by atoms with van der Waals surface area (Å²) < 4.78 is 36.8. The Morgan fingerprint density at radius 2 is 2.18 bits per heavy atom. The highest BCUT2D eigenvalue weighted by molar-refractivity contribution is 7.92. The second kappa shape index (κ2) is 7.21. The normalized spacial score (nSPS) is 19.0. The standard InChI is InChI=1S/C19H22FN5O2S/c1-12-11-27-8-7-25(12)17-9-16(24-28(2,3)26)22-19(23-17)18-13-5-4-6-15(13)21-10-14(18)20/h4-5,9-10,12H,6-8,11H2,1-3H3/t12-/m1/s1. The van der Waals surface area contributed by atoms with Gasteiger partial charge >= 0.3 is 0 Å². The molecule has 1 fully saturated rings. The van der Waals surface area contributed by atoms with E-state index in [1.807, 2.05) is 19.1 Å². The number of nitrogens with zero attached hydrogens (tertiary/aromatic N) is 5. The van der Waals surface area contributed by atoms with E-state index in [2.05, 4.69) is 24.2 Å². The maximum atomic E-state index is 14.8. The number of allylic oxidation sites excluding steroid dienone is 1. The van der Waals surface area contributed by atoms with Crippen LogP contribution in [0, 0.1) is 5.82 Å². The highest BCUT2D eigenvalue weighted by Gasteiger charge is 2.25. The van der Waals surface area contributed by atoms with E-state index in [1.54, 1.807) is 18.6 Å². The minimum absolute atomic E-state index is 0.102. The summed E-state index contributed by atoms with van der Waals surface area (Å²) in [5, 5.41) is 0. The van der Waals surface area contributed by atoms with Gasteiger partial charge in [-0.2, -0.15) is 4.36 Å². The third kappa shape index (κ3) is 3.77.